The van der Waals surface area contributed by atoms with Gasteiger partial charge in [0.15, 0.2) is 0 Å². The molecule has 0 aromatic heterocycles. The zero-order valence-electron chi connectivity index (χ0n) is 12.7. The molecular formula is C15H27NO4. The molecule has 0 aromatic carbocycles. The first-order valence-corrected chi connectivity index (χ1v) is 7.78. The average Bonchev–Trinajstić information content (AvgIpc) is 3.15. The number of ether oxygens (including phenoxy) is 3. The van der Waals surface area contributed by atoms with Gasteiger partial charge in [0.05, 0.1) is 19.8 Å². The van der Waals surface area contributed by atoms with Crippen LogP contribution in [0.15, 0.2) is 0 Å². The van der Waals surface area contributed by atoms with Gasteiger partial charge in [0.1, 0.15) is 11.6 Å². The zero-order valence-corrected chi connectivity index (χ0v) is 12.7. The number of nitrogens with one attached hydrogen (secondary N) is 1. The zero-order chi connectivity index (χ0) is 14.4. The van der Waals surface area contributed by atoms with Crippen molar-refractivity contribution in [3.05, 3.63) is 0 Å². The van der Waals surface area contributed by atoms with E-state index in [1.807, 2.05) is 13.8 Å². The van der Waals surface area contributed by atoms with Crippen LogP contribution < -0.4 is 5.32 Å². The summed E-state index contributed by atoms with van der Waals surface area (Å²) in [6.45, 7) is 6.45. The topological polar surface area (TPSA) is 56.8 Å². The van der Waals surface area contributed by atoms with Gasteiger partial charge in [-0.15, -0.1) is 0 Å². The third kappa shape index (κ3) is 4.72. The molecule has 1 saturated carbocycles. The molecule has 1 aliphatic heterocycles. The molecule has 0 aromatic rings. The lowest BCUT2D eigenvalue weighted by molar-refractivity contribution is -0.151. The lowest BCUT2D eigenvalue weighted by atomic mass is 9.94. The van der Waals surface area contributed by atoms with Crippen molar-refractivity contribution in [1.29, 1.82) is 0 Å². The van der Waals surface area contributed by atoms with Crippen LogP contribution >= 0.6 is 0 Å². The van der Waals surface area contributed by atoms with Crippen LogP contribution in [0.1, 0.15) is 46.0 Å². The smallest absolute Gasteiger partial charge is 0.326 e. The number of hydrogen-bond acceptors (Lipinski definition) is 5. The van der Waals surface area contributed by atoms with Gasteiger partial charge in [-0.1, -0.05) is 0 Å². The van der Waals surface area contributed by atoms with Gasteiger partial charge in [-0.3, -0.25) is 10.1 Å². The Labute approximate surface area is 121 Å². The standard InChI is InChI=1S/C15H27NO4/c1-3-19-14(17)15(2,16-12-6-7-12)8-4-5-9-20-13-10-18-11-13/h12-13,16H,3-11H2,1-2H3. The lowest BCUT2D eigenvalue weighted by Crippen LogP contribution is -2.51. The van der Waals surface area contributed by atoms with Crippen molar-refractivity contribution in [2.24, 2.45) is 0 Å². The second-order valence-corrected chi connectivity index (χ2v) is 5.96. The molecule has 1 heterocycles. The van der Waals surface area contributed by atoms with E-state index >= 15 is 0 Å². The van der Waals surface area contributed by atoms with Crippen LogP contribution in [-0.2, 0) is 19.0 Å². The molecule has 1 aliphatic carbocycles. The molecule has 0 bridgehead atoms. The molecule has 1 N–H and O–H groups in total. The summed E-state index contributed by atoms with van der Waals surface area (Å²) in [7, 11) is 0. The molecule has 1 unspecified atom stereocenters. The van der Waals surface area contributed by atoms with E-state index < -0.39 is 5.54 Å². The Hall–Kier alpha value is -0.650. The Morgan fingerprint density at radius 1 is 1.35 bits per heavy atom. The van der Waals surface area contributed by atoms with Crippen molar-refractivity contribution in [2.75, 3.05) is 26.4 Å². The molecular weight excluding hydrogens is 258 g/mol. The van der Waals surface area contributed by atoms with Gasteiger partial charge in [-0.2, -0.15) is 0 Å². The van der Waals surface area contributed by atoms with E-state index in [2.05, 4.69) is 5.32 Å². The van der Waals surface area contributed by atoms with Crippen molar-refractivity contribution < 1.29 is 19.0 Å². The Kier molecular flexibility index (Phi) is 5.81. The normalized spacial score (nSPS) is 22.1. The van der Waals surface area contributed by atoms with Crippen LogP contribution in [0, 0.1) is 0 Å². The lowest BCUT2D eigenvalue weighted by Gasteiger charge is -2.29. The van der Waals surface area contributed by atoms with Gasteiger partial charge >= 0.3 is 5.97 Å². The summed E-state index contributed by atoms with van der Waals surface area (Å²) < 4.78 is 15.9. The van der Waals surface area contributed by atoms with Crippen molar-refractivity contribution in [2.45, 2.75) is 63.6 Å². The molecule has 1 atom stereocenters. The summed E-state index contributed by atoms with van der Waals surface area (Å²) in [4.78, 5) is 12.1. The van der Waals surface area contributed by atoms with Crippen LogP contribution in [0.5, 0.6) is 0 Å². The molecule has 116 valence electrons. The average molecular weight is 285 g/mol. The quantitative estimate of drug-likeness (QED) is 0.488. The Bertz CT molecular complexity index is 315. The summed E-state index contributed by atoms with van der Waals surface area (Å²) in [5.74, 6) is -0.125. The van der Waals surface area contributed by atoms with E-state index in [9.17, 15) is 4.79 Å². The highest BCUT2D eigenvalue weighted by Gasteiger charge is 2.39. The Balaban J connectivity index is 1.67. The van der Waals surface area contributed by atoms with Crippen LogP contribution in [0.4, 0.5) is 0 Å². The first-order chi connectivity index (χ1) is 9.64. The van der Waals surface area contributed by atoms with E-state index in [4.69, 9.17) is 14.2 Å². The highest BCUT2D eigenvalue weighted by atomic mass is 16.6. The number of rotatable bonds is 10. The molecule has 5 nitrogen and oxygen atoms in total. The number of unbranched alkanes of at least 4 members (excludes halogenated alkanes) is 1. The highest BCUT2D eigenvalue weighted by Crippen LogP contribution is 2.26. The number of carbonyl (C=O) groups is 1. The second kappa shape index (κ2) is 7.38. The van der Waals surface area contributed by atoms with Crippen molar-refractivity contribution in [3.63, 3.8) is 0 Å². The Morgan fingerprint density at radius 3 is 2.65 bits per heavy atom. The van der Waals surface area contributed by atoms with Gasteiger partial charge in [0.2, 0.25) is 0 Å². The van der Waals surface area contributed by atoms with Gasteiger partial charge in [-0.25, -0.2) is 0 Å². The minimum atomic E-state index is -0.545. The fraction of sp³-hybridized carbons (Fsp3) is 0.933. The summed E-state index contributed by atoms with van der Waals surface area (Å²) in [6, 6.07) is 0.493. The summed E-state index contributed by atoms with van der Waals surface area (Å²) in [5.41, 5.74) is -0.545. The molecule has 2 aliphatic rings. The minimum absolute atomic E-state index is 0.125. The van der Waals surface area contributed by atoms with Crippen molar-refractivity contribution in [1.82, 2.24) is 5.32 Å². The number of hydrogen-bond donors (Lipinski definition) is 1. The number of esters is 1. The molecule has 2 fully saturated rings. The molecule has 0 amide bonds. The van der Waals surface area contributed by atoms with Crippen LogP contribution in [0.2, 0.25) is 0 Å². The Morgan fingerprint density at radius 2 is 2.10 bits per heavy atom. The molecule has 0 spiro atoms. The fourth-order valence-electron chi connectivity index (χ4n) is 2.34. The molecule has 20 heavy (non-hydrogen) atoms. The number of carbonyl (C=O) groups excluding carboxylic acids is 1. The predicted octanol–water partition coefficient (Wildman–Crippen LogP) is 1.65. The molecule has 0 radical (unpaired) electrons. The third-order valence-corrected chi connectivity index (χ3v) is 3.86. The summed E-state index contributed by atoms with van der Waals surface area (Å²) >= 11 is 0. The van der Waals surface area contributed by atoms with Crippen molar-refractivity contribution >= 4 is 5.97 Å². The summed E-state index contributed by atoms with van der Waals surface area (Å²) in [5, 5.41) is 3.44. The van der Waals surface area contributed by atoms with Crippen molar-refractivity contribution in [3.8, 4) is 0 Å². The molecule has 1 saturated heterocycles. The van der Waals surface area contributed by atoms with E-state index in [1.54, 1.807) is 0 Å². The maximum atomic E-state index is 12.1. The van der Waals surface area contributed by atoms with Crippen LogP contribution in [0.3, 0.4) is 0 Å². The first-order valence-electron chi connectivity index (χ1n) is 7.78. The van der Waals surface area contributed by atoms with Gasteiger partial charge in [0.25, 0.3) is 0 Å². The van der Waals surface area contributed by atoms with Crippen LogP contribution in [-0.4, -0.2) is 50.1 Å². The van der Waals surface area contributed by atoms with Crippen LogP contribution in [0.25, 0.3) is 0 Å². The SMILES string of the molecule is CCOC(=O)C(C)(CCCCOC1COC1)NC1CC1. The van der Waals surface area contributed by atoms with E-state index in [0.29, 0.717) is 12.6 Å². The third-order valence-electron chi connectivity index (χ3n) is 3.86. The maximum Gasteiger partial charge on any atom is 0.326 e. The maximum absolute atomic E-state index is 12.1. The largest absolute Gasteiger partial charge is 0.465 e. The molecule has 2 rings (SSSR count). The van der Waals surface area contributed by atoms with E-state index in [1.165, 1.54) is 12.8 Å². The fourth-order valence-corrected chi connectivity index (χ4v) is 2.34. The monoisotopic (exact) mass is 285 g/mol. The molecule has 5 heteroatoms. The predicted molar refractivity (Wildman–Crippen MR) is 75.6 cm³/mol. The highest BCUT2D eigenvalue weighted by molar-refractivity contribution is 5.80. The van der Waals surface area contributed by atoms with Gasteiger partial charge in [0, 0.05) is 12.6 Å². The van der Waals surface area contributed by atoms with E-state index in [0.717, 1.165) is 39.1 Å². The van der Waals surface area contributed by atoms with E-state index in [-0.39, 0.29) is 12.1 Å². The first kappa shape index (κ1) is 15.7. The van der Waals surface area contributed by atoms with Gasteiger partial charge in [-0.05, 0) is 46.0 Å². The minimum Gasteiger partial charge on any atom is -0.465 e. The second-order valence-electron chi connectivity index (χ2n) is 5.96. The van der Waals surface area contributed by atoms with Gasteiger partial charge < -0.3 is 14.2 Å². The summed E-state index contributed by atoms with van der Waals surface area (Å²) in [6.07, 6.45) is 5.35.